The van der Waals surface area contributed by atoms with E-state index < -0.39 is 12.2 Å². The molecule has 0 aliphatic carbocycles. The summed E-state index contributed by atoms with van der Waals surface area (Å²) in [6.07, 6.45) is 0.372. The molecule has 6 N–H and O–H groups in total. The number of nitrogens with one attached hydrogen (secondary N) is 6. The van der Waals surface area contributed by atoms with Gasteiger partial charge in [0.2, 0.25) is 23.6 Å². The number of hydrogen-bond acceptors (Lipinski definition) is 22. The van der Waals surface area contributed by atoms with Gasteiger partial charge in [-0.25, -0.2) is 20.4 Å². The summed E-state index contributed by atoms with van der Waals surface area (Å²) in [6.45, 7) is 20.6. The summed E-state index contributed by atoms with van der Waals surface area (Å²) in [5.74, 6) is 0.0633. The van der Waals surface area contributed by atoms with E-state index in [1.807, 2.05) is 111 Å². The van der Waals surface area contributed by atoms with E-state index in [1.165, 1.54) is 0 Å². The smallest absolute Gasteiger partial charge is 0.409 e. The molecule has 0 bridgehead atoms. The Kier molecular flexibility index (Phi) is 36.2. The molecule has 2 atom stereocenters. The number of aromatic nitrogens is 2. The minimum atomic E-state index is -0.412. The number of carbonyl (C=O) groups excluding carboxylic acids is 8. The molecule has 12 rings (SSSR count). The van der Waals surface area contributed by atoms with Gasteiger partial charge < -0.3 is 97.4 Å². The molecule has 34 heteroatoms. The van der Waals surface area contributed by atoms with Crippen molar-refractivity contribution in [2.75, 3.05) is 219 Å². The van der Waals surface area contributed by atoms with Crippen LogP contribution in [0.15, 0.2) is 119 Å². The molecule has 8 aromatic rings. The number of hydrazone groups is 2. The number of ether oxygens (including phenoxy) is 10. The minimum Gasteiger partial charge on any atom is -0.409 e. The molecule has 4 aliphatic rings. The Morgan fingerprint density at radius 1 is 0.443 bits per heavy atom. The Hall–Kier alpha value is -10.0. The standard InChI is InChI=1S/C44H56BrN7O9.C44H56ClN7O9/c2*1-4-40(53)46-12-18-58-20-22-60-24-23-59-21-19-57-17-11-41(54)49-48-30(2)31-9-10-36-32(25-31)26-37(47-36)43(55)52-29-33(28-45)42-35-8-6-5-7-34(35)39(27-38(42)52)61-44(56)51-15-13-50(3)14-16-51/h2*5-10,25-27,33,47H,4,11-24,28-29H2,1-3H3,(H,46,53)(H,49,54)/b2*48-30+/t2*33-/m11/s1. The first-order valence-corrected chi connectivity index (χ1v) is 43.2. The Morgan fingerprint density at radius 2 is 0.795 bits per heavy atom. The zero-order valence-electron chi connectivity index (χ0n) is 70.3. The number of alkyl halides is 2. The van der Waals surface area contributed by atoms with Crippen LogP contribution in [0.5, 0.6) is 11.5 Å². The van der Waals surface area contributed by atoms with Gasteiger partial charge in [-0.1, -0.05) is 90.4 Å². The summed E-state index contributed by atoms with van der Waals surface area (Å²) < 4.78 is 55.8. The van der Waals surface area contributed by atoms with E-state index in [2.05, 4.69) is 67.4 Å². The molecule has 0 radical (unpaired) electrons. The van der Waals surface area contributed by atoms with Crippen molar-refractivity contribution in [3.63, 3.8) is 0 Å². The summed E-state index contributed by atoms with van der Waals surface area (Å²) in [4.78, 5) is 120. The maximum Gasteiger partial charge on any atom is 0.415 e. The van der Waals surface area contributed by atoms with E-state index in [1.54, 1.807) is 59.4 Å². The van der Waals surface area contributed by atoms with Gasteiger partial charge in [-0.15, -0.1) is 11.6 Å². The molecular weight excluding hydrogens is 1660 g/mol. The second-order valence-corrected chi connectivity index (χ2v) is 30.8. The normalized spacial score (nSPS) is 15.7. The van der Waals surface area contributed by atoms with E-state index in [9.17, 15) is 38.4 Å². The number of carbonyl (C=O) groups is 8. The number of nitrogens with zero attached hydrogens (tertiary/aromatic N) is 8. The first-order chi connectivity index (χ1) is 59.3. The van der Waals surface area contributed by atoms with Crippen LogP contribution in [0.4, 0.5) is 21.0 Å². The molecule has 0 unspecified atom stereocenters. The van der Waals surface area contributed by atoms with Crippen molar-refractivity contribution >= 4 is 141 Å². The highest BCUT2D eigenvalue weighted by molar-refractivity contribution is 9.09. The van der Waals surface area contributed by atoms with Gasteiger partial charge in [-0.05, 0) is 97.4 Å². The number of piperazine rings is 2. The van der Waals surface area contributed by atoms with Gasteiger partial charge in [0.05, 0.1) is 141 Å². The van der Waals surface area contributed by atoms with Gasteiger partial charge in [0, 0.05) is 159 Å². The molecule has 0 spiro atoms. The molecule has 0 saturated carbocycles. The van der Waals surface area contributed by atoms with Gasteiger partial charge in [0.25, 0.3) is 11.8 Å². The summed E-state index contributed by atoms with van der Waals surface area (Å²) in [7, 11) is 4.06. The topological polar surface area (TPSA) is 353 Å². The number of aromatic amines is 2. The average Bonchev–Trinajstić information content (AvgIpc) is 1.57. The minimum absolute atomic E-state index is 0.00169. The fourth-order valence-corrected chi connectivity index (χ4v) is 15.1. The second-order valence-electron chi connectivity index (χ2n) is 29.8. The lowest BCUT2D eigenvalue weighted by Gasteiger charge is -2.31. The zero-order chi connectivity index (χ0) is 86.3. The van der Waals surface area contributed by atoms with Crippen LogP contribution in [0.2, 0.25) is 0 Å². The van der Waals surface area contributed by atoms with Crippen molar-refractivity contribution in [2.45, 2.75) is 65.2 Å². The Balaban J connectivity index is 0.000000238. The van der Waals surface area contributed by atoms with Crippen molar-refractivity contribution in [1.82, 2.24) is 51.1 Å². The molecule has 8 amide bonds. The Bertz CT molecular complexity index is 4650. The Morgan fingerprint density at radius 3 is 1.16 bits per heavy atom. The molecule has 122 heavy (non-hydrogen) atoms. The third-order valence-electron chi connectivity index (χ3n) is 21.2. The van der Waals surface area contributed by atoms with Crippen molar-refractivity contribution < 1.29 is 85.7 Å². The highest BCUT2D eigenvalue weighted by Crippen LogP contribution is 2.48. The van der Waals surface area contributed by atoms with E-state index in [-0.39, 0.29) is 73.3 Å². The lowest BCUT2D eigenvalue weighted by molar-refractivity contribution is -0.123. The highest BCUT2D eigenvalue weighted by Gasteiger charge is 2.39. The average molecular weight is 1770 g/mol. The number of rotatable bonds is 42. The van der Waals surface area contributed by atoms with Crippen molar-refractivity contribution in [3.8, 4) is 11.5 Å². The van der Waals surface area contributed by atoms with Crippen LogP contribution in [-0.2, 0) is 57.1 Å². The molecular formula is C88H112BrClN14O18. The third kappa shape index (κ3) is 26.0. The van der Waals surface area contributed by atoms with Crippen LogP contribution < -0.4 is 40.8 Å². The van der Waals surface area contributed by atoms with Crippen LogP contribution in [0, 0.1) is 0 Å². The monoisotopic (exact) mass is 1770 g/mol. The van der Waals surface area contributed by atoms with Gasteiger partial charge in [0.1, 0.15) is 22.9 Å². The van der Waals surface area contributed by atoms with Gasteiger partial charge in [-0.3, -0.25) is 28.8 Å². The summed E-state index contributed by atoms with van der Waals surface area (Å²) in [6, 6.07) is 34.3. The van der Waals surface area contributed by atoms with Crippen LogP contribution in [0.1, 0.15) is 108 Å². The molecule has 2 aromatic heterocycles. The Labute approximate surface area is 723 Å². The highest BCUT2D eigenvalue weighted by atomic mass is 79.9. The third-order valence-corrected chi connectivity index (χ3v) is 22.4. The van der Waals surface area contributed by atoms with Crippen LogP contribution in [0.25, 0.3) is 43.4 Å². The maximum absolute atomic E-state index is 14.3. The number of benzene rings is 6. The summed E-state index contributed by atoms with van der Waals surface area (Å²) >= 11 is 10.2. The molecule has 2 saturated heterocycles. The van der Waals surface area contributed by atoms with Crippen LogP contribution in [0.3, 0.4) is 0 Å². The molecule has 6 heterocycles. The fourth-order valence-electron chi connectivity index (χ4n) is 14.3. The van der Waals surface area contributed by atoms with E-state index >= 15 is 0 Å². The number of halogens is 2. The fraction of sp³-hybridized carbons (Fsp3) is 0.477. The summed E-state index contributed by atoms with van der Waals surface area (Å²) in [5.41, 5.74) is 13.7. The predicted molar refractivity (Wildman–Crippen MR) is 471 cm³/mol. The van der Waals surface area contributed by atoms with Crippen LogP contribution >= 0.6 is 27.5 Å². The number of H-pyrrole nitrogens is 2. The number of fused-ring (bicyclic) bond motifs is 8. The molecule has 656 valence electrons. The second kappa shape index (κ2) is 47.6. The zero-order valence-corrected chi connectivity index (χ0v) is 72.6. The first kappa shape index (κ1) is 92.7. The predicted octanol–water partition coefficient (Wildman–Crippen LogP) is 9.90. The SMILES string of the molecule is CCC(=O)NCCOCCOCCOCCOCCC(=O)N/N=C(\C)c1ccc2[nH]c(C(=O)N3C[C@@H](CBr)c4c3cc(OC(=O)N3CCN(C)CC3)c3ccccc43)cc2c1.CCC(=O)NCCOCCOCCOCCOCCC(=O)N/N=C(\C)c1ccc2[nH]c(C(=O)N3C[C@@H](CCl)c4c3cc(OC(=O)N3CCN(C)CC3)c3ccccc43)cc2c1. The number of anilines is 2. The number of likely N-dealkylation sites (N-methyl/N-ethyl adjacent to an activating group) is 2. The van der Waals surface area contributed by atoms with Crippen molar-refractivity contribution in [3.05, 3.63) is 143 Å². The molecule has 6 aromatic carbocycles. The van der Waals surface area contributed by atoms with Crippen molar-refractivity contribution in [1.29, 1.82) is 0 Å². The van der Waals surface area contributed by atoms with Crippen molar-refractivity contribution in [2.24, 2.45) is 10.2 Å². The maximum atomic E-state index is 14.3. The van der Waals surface area contributed by atoms with Gasteiger partial charge in [0.15, 0.2) is 0 Å². The molecule has 2 fully saturated rings. The lowest BCUT2D eigenvalue weighted by Crippen LogP contribution is -2.48. The number of amides is 8. The number of hydrogen-bond donors (Lipinski definition) is 6. The van der Waals surface area contributed by atoms with E-state index in [0.29, 0.717) is 209 Å². The van der Waals surface area contributed by atoms with Crippen LogP contribution in [-0.4, -0.2) is 298 Å². The summed E-state index contributed by atoms with van der Waals surface area (Å²) in [5, 5.41) is 19.8. The molecule has 4 aliphatic heterocycles. The largest absolute Gasteiger partial charge is 0.415 e. The van der Waals surface area contributed by atoms with E-state index in [4.69, 9.17) is 59.0 Å². The van der Waals surface area contributed by atoms with Gasteiger partial charge >= 0.3 is 12.2 Å². The molecule has 32 nitrogen and oxygen atoms in total. The van der Waals surface area contributed by atoms with E-state index in [0.717, 1.165) is 97.5 Å². The quantitative estimate of drug-likeness (QED) is 0.00896. The van der Waals surface area contributed by atoms with Gasteiger partial charge in [-0.2, -0.15) is 10.2 Å². The first-order valence-electron chi connectivity index (χ1n) is 41.6. The lowest BCUT2D eigenvalue weighted by atomic mass is 9.95.